The zero-order valence-corrected chi connectivity index (χ0v) is 13.9. The van der Waals surface area contributed by atoms with Crippen LogP contribution in [0.15, 0.2) is 54.7 Å². The number of nitrogens with two attached hydrogens (primary N) is 1. The van der Waals surface area contributed by atoms with Crippen LogP contribution in [0.25, 0.3) is 10.8 Å². The second-order valence-corrected chi connectivity index (χ2v) is 6.16. The fraction of sp³-hybridized carbons (Fsp3) is 0.263. The van der Waals surface area contributed by atoms with E-state index in [4.69, 9.17) is 10.6 Å². The van der Waals surface area contributed by atoms with Crippen molar-refractivity contribution in [3.63, 3.8) is 0 Å². The largest absolute Gasteiger partial charge is 0.491 e. The second kappa shape index (κ2) is 6.94. The topological polar surface area (TPSA) is 76.3 Å². The van der Waals surface area contributed by atoms with Crippen LogP contribution in [0, 0.1) is 0 Å². The van der Waals surface area contributed by atoms with E-state index in [1.807, 2.05) is 30.3 Å². The van der Waals surface area contributed by atoms with E-state index < -0.39 is 0 Å². The Labute approximate surface area is 146 Å². The minimum Gasteiger partial charge on any atom is -0.491 e. The Kier molecular flexibility index (Phi) is 4.35. The molecule has 0 radical (unpaired) electrons. The maximum atomic E-state index is 6.19. The molecule has 1 saturated heterocycles. The van der Waals surface area contributed by atoms with Gasteiger partial charge in [-0.2, -0.15) is 4.98 Å². The molecule has 3 N–H and O–H groups in total. The van der Waals surface area contributed by atoms with Crippen molar-refractivity contribution in [2.24, 2.45) is 5.84 Å². The van der Waals surface area contributed by atoms with E-state index in [1.165, 1.54) is 5.39 Å². The average Bonchev–Trinajstić information content (AvgIpc) is 3.15. The fourth-order valence-corrected chi connectivity index (χ4v) is 3.40. The number of anilines is 2. The molecule has 0 saturated carbocycles. The normalized spacial score (nSPS) is 17.0. The molecule has 1 atom stereocenters. The number of hydrogen-bond donors (Lipinski definition) is 2. The molecule has 6 nitrogen and oxygen atoms in total. The van der Waals surface area contributed by atoms with Gasteiger partial charge in [-0.15, -0.1) is 0 Å². The third-order valence-corrected chi connectivity index (χ3v) is 4.62. The van der Waals surface area contributed by atoms with Gasteiger partial charge in [-0.3, -0.25) is 5.43 Å². The summed E-state index contributed by atoms with van der Waals surface area (Å²) in [6.45, 7) is 1.59. The number of aromatic nitrogens is 2. The number of benzene rings is 2. The van der Waals surface area contributed by atoms with Gasteiger partial charge in [0.25, 0.3) is 0 Å². The van der Waals surface area contributed by atoms with E-state index in [0.29, 0.717) is 18.6 Å². The van der Waals surface area contributed by atoms with Crippen LogP contribution in [0.5, 0.6) is 5.75 Å². The van der Waals surface area contributed by atoms with Crippen molar-refractivity contribution in [2.75, 3.05) is 23.5 Å². The summed E-state index contributed by atoms with van der Waals surface area (Å²) >= 11 is 0. The van der Waals surface area contributed by atoms with Crippen molar-refractivity contribution >= 4 is 22.5 Å². The SMILES string of the molecule is NNc1nccc(N2CCCC2COc2cccc3ccccc23)n1. The van der Waals surface area contributed by atoms with Gasteiger partial charge in [0.15, 0.2) is 0 Å². The molecule has 0 amide bonds. The number of fused-ring (bicyclic) bond motifs is 1. The van der Waals surface area contributed by atoms with E-state index >= 15 is 0 Å². The van der Waals surface area contributed by atoms with Gasteiger partial charge < -0.3 is 9.64 Å². The van der Waals surface area contributed by atoms with Gasteiger partial charge >= 0.3 is 0 Å². The third-order valence-electron chi connectivity index (χ3n) is 4.62. The van der Waals surface area contributed by atoms with Crippen LogP contribution in [0.2, 0.25) is 0 Å². The Bertz CT molecular complexity index is 864. The third kappa shape index (κ3) is 3.21. The smallest absolute Gasteiger partial charge is 0.239 e. The summed E-state index contributed by atoms with van der Waals surface area (Å²) in [6.07, 6.45) is 3.93. The quantitative estimate of drug-likeness (QED) is 0.551. The first-order valence-corrected chi connectivity index (χ1v) is 8.52. The number of nitrogens with zero attached hydrogens (tertiary/aromatic N) is 3. The van der Waals surface area contributed by atoms with Crippen LogP contribution < -0.4 is 20.9 Å². The van der Waals surface area contributed by atoms with Gasteiger partial charge in [-0.25, -0.2) is 10.8 Å². The summed E-state index contributed by atoms with van der Waals surface area (Å²) in [6, 6.07) is 16.7. The lowest BCUT2D eigenvalue weighted by molar-refractivity contribution is 0.291. The van der Waals surface area contributed by atoms with Gasteiger partial charge in [0.1, 0.15) is 18.2 Å². The molecule has 25 heavy (non-hydrogen) atoms. The number of ether oxygens (including phenoxy) is 1. The van der Waals surface area contributed by atoms with E-state index in [1.54, 1.807) is 6.20 Å². The second-order valence-electron chi connectivity index (χ2n) is 6.16. The molecule has 1 unspecified atom stereocenters. The van der Waals surface area contributed by atoms with Crippen LogP contribution in [0.4, 0.5) is 11.8 Å². The number of hydrazine groups is 1. The van der Waals surface area contributed by atoms with E-state index in [2.05, 4.69) is 38.5 Å². The first-order chi connectivity index (χ1) is 12.3. The zero-order chi connectivity index (χ0) is 17.1. The zero-order valence-electron chi connectivity index (χ0n) is 13.9. The standard InChI is InChI=1S/C19H21N5O/c20-23-19-21-11-10-18(22-19)24-12-4-7-15(24)13-25-17-9-3-6-14-5-1-2-8-16(14)17/h1-3,5-6,8-11,15H,4,7,12-13,20H2,(H,21,22,23). The average molecular weight is 335 g/mol. The molecule has 2 heterocycles. The van der Waals surface area contributed by atoms with Crippen LogP contribution in [0.1, 0.15) is 12.8 Å². The highest BCUT2D eigenvalue weighted by molar-refractivity contribution is 5.88. The predicted octanol–water partition coefficient (Wildman–Crippen LogP) is 2.96. The summed E-state index contributed by atoms with van der Waals surface area (Å²) in [4.78, 5) is 10.8. The highest BCUT2D eigenvalue weighted by Crippen LogP contribution is 2.28. The summed E-state index contributed by atoms with van der Waals surface area (Å²) in [7, 11) is 0. The molecule has 0 spiro atoms. The monoisotopic (exact) mass is 335 g/mol. The van der Waals surface area contributed by atoms with Crippen LogP contribution >= 0.6 is 0 Å². The highest BCUT2D eigenvalue weighted by atomic mass is 16.5. The number of nitrogen functional groups attached to an aromatic ring is 1. The van der Waals surface area contributed by atoms with Gasteiger partial charge in [0.05, 0.1) is 6.04 Å². The molecule has 0 bridgehead atoms. The number of hydrogen-bond acceptors (Lipinski definition) is 6. The molecule has 1 aliphatic heterocycles. The molecular weight excluding hydrogens is 314 g/mol. The van der Waals surface area contributed by atoms with Crippen LogP contribution in [0.3, 0.4) is 0 Å². The molecule has 1 fully saturated rings. The van der Waals surface area contributed by atoms with Crippen molar-refractivity contribution in [3.05, 3.63) is 54.7 Å². The van der Waals surface area contributed by atoms with Crippen molar-refractivity contribution in [2.45, 2.75) is 18.9 Å². The molecule has 6 heteroatoms. The first kappa shape index (κ1) is 15.7. The molecule has 4 rings (SSSR count). The van der Waals surface area contributed by atoms with Crippen molar-refractivity contribution < 1.29 is 4.74 Å². The molecule has 3 aromatic rings. The number of rotatable bonds is 5. The minimum atomic E-state index is 0.291. The minimum absolute atomic E-state index is 0.291. The maximum Gasteiger partial charge on any atom is 0.239 e. The van der Waals surface area contributed by atoms with Gasteiger partial charge in [0.2, 0.25) is 5.95 Å². The summed E-state index contributed by atoms with van der Waals surface area (Å²) in [5.74, 6) is 7.66. The molecule has 128 valence electrons. The lowest BCUT2D eigenvalue weighted by Gasteiger charge is -2.26. The predicted molar refractivity (Wildman–Crippen MR) is 99.7 cm³/mol. The van der Waals surface area contributed by atoms with Gasteiger partial charge in [0, 0.05) is 18.1 Å². The lowest BCUT2D eigenvalue weighted by atomic mass is 10.1. The Hall–Kier alpha value is -2.86. The van der Waals surface area contributed by atoms with Gasteiger partial charge in [-0.05, 0) is 30.4 Å². The lowest BCUT2D eigenvalue weighted by Crippen LogP contribution is -2.35. The van der Waals surface area contributed by atoms with Crippen molar-refractivity contribution in [3.8, 4) is 5.75 Å². The molecule has 0 aliphatic carbocycles. The van der Waals surface area contributed by atoms with E-state index in [-0.39, 0.29) is 0 Å². The Morgan fingerprint density at radius 1 is 1.16 bits per heavy atom. The number of nitrogens with one attached hydrogen (secondary N) is 1. The molecule has 2 aromatic carbocycles. The Balaban J connectivity index is 1.51. The highest BCUT2D eigenvalue weighted by Gasteiger charge is 2.26. The van der Waals surface area contributed by atoms with E-state index in [0.717, 1.165) is 36.3 Å². The first-order valence-electron chi connectivity index (χ1n) is 8.52. The van der Waals surface area contributed by atoms with Crippen molar-refractivity contribution in [1.29, 1.82) is 0 Å². The summed E-state index contributed by atoms with van der Waals surface area (Å²) in [5, 5.41) is 2.34. The van der Waals surface area contributed by atoms with Crippen molar-refractivity contribution in [1.82, 2.24) is 9.97 Å². The Morgan fingerprint density at radius 3 is 2.96 bits per heavy atom. The molecular formula is C19H21N5O. The van der Waals surface area contributed by atoms with Crippen LogP contribution in [-0.2, 0) is 0 Å². The van der Waals surface area contributed by atoms with E-state index in [9.17, 15) is 0 Å². The molecule has 1 aliphatic rings. The fourth-order valence-electron chi connectivity index (χ4n) is 3.40. The summed E-state index contributed by atoms with van der Waals surface area (Å²) in [5.41, 5.74) is 2.50. The maximum absolute atomic E-state index is 6.19. The molecule has 1 aromatic heterocycles. The summed E-state index contributed by atoms with van der Waals surface area (Å²) < 4.78 is 6.19. The van der Waals surface area contributed by atoms with Crippen LogP contribution in [-0.4, -0.2) is 29.2 Å². The van der Waals surface area contributed by atoms with Gasteiger partial charge in [-0.1, -0.05) is 36.4 Å². The Morgan fingerprint density at radius 2 is 2.04 bits per heavy atom.